The first-order chi connectivity index (χ1) is 8.46. The summed E-state index contributed by atoms with van der Waals surface area (Å²) in [5.41, 5.74) is 5.97. The SMILES string of the molecule is CN(C1CCC1)S(=O)(=O)c1ccc(CN)cc1F. The third kappa shape index (κ3) is 2.28. The van der Waals surface area contributed by atoms with Crippen LogP contribution >= 0.6 is 0 Å². The van der Waals surface area contributed by atoms with Crippen LogP contribution in [0.5, 0.6) is 0 Å². The van der Waals surface area contributed by atoms with Gasteiger partial charge in [0.1, 0.15) is 10.7 Å². The fourth-order valence-corrected chi connectivity index (χ4v) is 3.44. The number of benzene rings is 1. The number of nitrogens with two attached hydrogens (primary N) is 1. The summed E-state index contributed by atoms with van der Waals surface area (Å²) in [6, 6.07) is 4.03. The molecule has 1 saturated carbocycles. The lowest BCUT2D eigenvalue weighted by atomic mass is 9.94. The van der Waals surface area contributed by atoms with E-state index in [4.69, 9.17) is 5.73 Å². The molecule has 0 radical (unpaired) electrons. The van der Waals surface area contributed by atoms with Gasteiger partial charge in [0.25, 0.3) is 0 Å². The summed E-state index contributed by atoms with van der Waals surface area (Å²) in [5.74, 6) is -0.732. The van der Waals surface area contributed by atoms with E-state index in [1.165, 1.54) is 23.5 Å². The summed E-state index contributed by atoms with van der Waals surface area (Å²) >= 11 is 0. The number of rotatable bonds is 4. The largest absolute Gasteiger partial charge is 0.326 e. The second kappa shape index (κ2) is 4.95. The highest BCUT2D eigenvalue weighted by Gasteiger charge is 2.33. The van der Waals surface area contributed by atoms with Crippen molar-refractivity contribution < 1.29 is 12.8 Å². The van der Waals surface area contributed by atoms with Gasteiger partial charge in [0.2, 0.25) is 10.0 Å². The molecule has 0 bridgehead atoms. The van der Waals surface area contributed by atoms with Gasteiger partial charge < -0.3 is 5.73 Å². The minimum Gasteiger partial charge on any atom is -0.326 e. The first kappa shape index (κ1) is 13.5. The average Bonchev–Trinajstić information content (AvgIpc) is 2.26. The van der Waals surface area contributed by atoms with Crippen molar-refractivity contribution in [3.8, 4) is 0 Å². The van der Waals surface area contributed by atoms with E-state index in [1.54, 1.807) is 6.07 Å². The molecule has 100 valence electrons. The lowest BCUT2D eigenvalue weighted by molar-refractivity contribution is 0.249. The van der Waals surface area contributed by atoms with E-state index in [2.05, 4.69) is 0 Å². The molecule has 6 heteroatoms. The molecule has 2 rings (SSSR count). The van der Waals surface area contributed by atoms with Crippen molar-refractivity contribution in [2.75, 3.05) is 7.05 Å². The number of nitrogens with zero attached hydrogens (tertiary/aromatic N) is 1. The van der Waals surface area contributed by atoms with Crippen molar-refractivity contribution >= 4 is 10.0 Å². The summed E-state index contributed by atoms with van der Waals surface area (Å²) in [6.45, 7) is 0.190. The minimum atomic E-state index is -3.74. The Hall–Kier alpha value is -0.980. The van der Waals surface area contributed by atoms with Crippen LogP contribution < -0.4 is 5.73 Å². The molecule has 2 N–H and O–H groups in total. The summed E-state index contributed by atoms with van der Waals surface area (Å²) in [4.78, 5) is -0.269. The predicted molar refractivity (Wildman–Crippen MR) is 66.9 cm³/mol. The number of hydrogen-bond acceptors (Lipinski definition) is 3. The first-order valence-corrected chi connectivity index (χ1v) is 7.37. The summed E-state index contributed by atoms with van der Waals surface area (Å²) in [7, 11) is -2.23. The fraction of sp³-hybridized carbons (Fsp3) is 0.500. The predicted octanol–water partition coefficient (Wildman–Crippen LogP) is 1.46. The average molecular weight is 272 g/mol. The smallest absolute Gasteiger partial charge is 0.245 e. The maximum atomic E-state index is 13.8. The van der Waals surface area contributed by atoms with Gasteiger partial charge in [-0.15, -0.1) is 0 Å². The van der Waals surface area contributed by atoms with Crippen molar-refractivity contribution in [1.82, 2.24) is 4.31 Å². The first-order valence-electron chi connectivity index (χ1n) is 5.93. The summed E-state index contributed by atoms with van der Waals surface area (Å²) in [6.07, 6.45) is 2.72. The lowest BCUT2D eigenvalue weighted by Gasteiger charge is -2.33. The van der Waals surface area contributed by atoms with Gasteiger partial charge in [-0.05, 0) is 30.5 Å². The Kier molecular flexibility index (Phi) is 3.70. The maximum Gasteiger partial charge on any atom is 0.245 e. The van der Waals surface area contributed by atoms with Crippen LogP contribution in [-0.2, 0) is 16.6 Å². The highest BCUT2D eigenvalue weighted by Crippen LogP contribution is 2.29. The van der Waals surface area contributed by atoms with Gasteiger partial charge in [-0.3, -0.25) is 0 Å². The topological polar surface area (TPSA) is 63.4 Å². The zero-order chi connectivity index (χ0) is 13.3. The Morgan fingerprint density at radius 1 is 1.44 bits per heavy atom. The van der Waals surface area contributed by atoms with E-state index in [0.717, 1.165) is 19.3 Å². The van der Waals surface area contributed by atoms with Crippen LogP contribution in [0, 0.1) is 5.82 Å². The van der Waals surface area contributed by atoms with Crippen LogP contribution in [0.1, 0.15) is 24.8 Å². The Labute approximate surface area is 107 Å². The molecule has 0 saturated heterocycles. The van der Waals surface area contributed by atoms with Crippen LogP contribution in [0.3, 0.4) is 0 Å². The second-order valence-corrected chi connectivity index (χ2v) is 6.54. The van der Waals surface area contributed by atoms with Gasteiger partial charge in [0.15, 0.2) is 0 Å². The van der Waals surface area contributed by atoms with Crippen LogP contribution in [-0.4, -0.2) is 25.8 Å². The molecule has 0 aliphatic heterocycles. The molecule has 1 fully saturated rings. The van der Waals surface area contributed by atoms with Crippen molar-refractivity contribution in [2.45, 2.75) is 36.7 Å². The molecule has 0 aromatic heterocycles. The summed E-state index contributed by atoms with van der Waals surface area (Å²) in [5, 5.41) is 0. The standard InChI is InChI=1S/C12H17FN2O2S/c1-15(10-3-2-4-10)18(16,17)12-6-5-9(8-14)7-11(12)13/h5-7,10H,2-4,8,14H2,1H3. The lowest BCUT2D eigenvalue weighted by Crippen LogP contribution is -2.41. The van der Waals surface area contributed by atoms with E-state index in [1.807, 2.05) is 0 Å². The normalized spacial score (nSPS) is 16.9. The monoisotopic (exact) mass is 272 g/mol. The molecule has 0 heterocycles. The molecule has 1 aliphatic rings. The van der Waals surface area contributed by atoms with Gasteiger partial charge in [-0.1, -0.05) is 12.5 Å². The van der Waals surface area contributed by atoms with Crippen molar-refractivity contribution in [2.24, 2.45) is 5.73 Å². The Morgan fingerprint density at radius 2 is 2.11 bits per heavy atom. The molecule has 1 aliphatic carbocycles. The van der Waals surface area contributed by atoms with E-state index in [9.17, 15) is 12.8 Å². The van der Waals surface area contributed by atoms with Crippen LogP contribution in [0.4, 0.5) is 4.39 Å². The molecular weight excluding hydrogens is 255 g/mol. The van der Waals surface area contributed by atoms with Crippen LogP contribution in [0.15, 0.2) is 23.1 Å². The van der Waals surface area contributed by atoms with Gasteiger partial charge in [0.05, 0.1) is 0 Å². The molecule has 0 atom stereocenters. The van der Waals surface area contributed by atoms with Crippen molar-refractivity contribution in [3.63, 3.8) is 0 Å². The third-order valence-electron chi connectivity index (χ3n) is 3.48. The number of hydrogen-bond donors (Lipinski definition) is 1. The van der Waals surface area contributed by atoms with E-state index in [-0.39, 0.29) is 17.5 Å². The highest BCUT2D eigenvalue weighted by atomic mass is 32.2. The van der Waals surface area contributed by atoms with Gasteiger partial charge in [-0.2, -0.15) is 4.31 Å². The Morgan fingerprint density at radius 3 is 2.56 bits per heavy atom. The summed E-state index contributed by atoms with van der Waals surface area (Å²) < 4.78 is 39.6. The van der Waals surface area contributed by atoms with Gasteiger partial charge >= 0.3 is 0 Å². The zero-order valence-corrected chi connectivity index (χ0v) is 11.1. The second-order valence-electron chi connectivity index (χ2n) is 4.57. The van der Waals surface area contributed by atoms with Crippen molar-refractivity contribution in [1.29, 1.82) is 0 Å². The van der Waals surface area contributed by atoms with Gasteiger partial charge in [0, 0.05) is 19.6 Å². The molecule has 4 nitrogen and oxygen atoms in total. The molecule has 1 aromatic carbocycles. The zero-order valence-electron chi connectivity index (χ0n) is 10.3. The molecule has 1 aromatic rings. The quantitative estimate of drug-likeness (QED) is 0.902. The van der Waals surface area contributed by atoms with Crippen LogP contribution in [0.2, 0.25) is 0 Å². The molecule has 0 amide bonds. The minimum absolute atomic E-state index is 0.00332. The maximum absolute atomic E-state index is 13.8. The Bertz CT molecular complexity index is 541. The van der Waals surface area contributed by atoms with E-state index < -0.39 is 15.8 Å². The molecule has 0 unspecified atom stereocenters. The molecule has 0 spiro atoms. The van der Waals surface area contributed by atoms with E-state index >= 15 is 0 Å². The molecular formula is C12H17FN2O2S. The van der Waals surface area contributed by atoms with Crippen molar-refractivity contribution in [3.05, 3.63) is 29.6 Å². The Balaban J connectivity index is 2.34. The van der Waals surface area contributed by atoms with Gasteiger partial charge in [-0.25, -0.2) is 12.8 Å². The highest BCUT2D eigenvalue weighted by molar-refractivity contribution is 7.89. The number of sulfonamides is 1. The van der Waals surface area contributed by atoms with Crippen LogP contribution in [0.25, 0.3) is 0 Å². The fourth-order valence-electron chi connectivity index (χ4n) is 1.98. The number of halogens is 1. The molecule has 18 heavy (non-hydrogen) atoms. The third-order valence-corrected chi connectivity index (χ3v) is 5.42. The van der Waals surface area contributed by atoms with E-state index in [0.29, 0.717) is 5.56 Å².